The third-order valence-electron chi connectivity index (χ3n) is 4.54. The molecule has 1 aliphatic rings. The molecule has 0 atom stereocenters. The number of aryl methyl sites for hydroxylation is 2. The maximum atomic E-state index is 11.2. The number of rotatable bonds is 4. The standard InChI is InChI=1S/C16H23N3O2S.ClH/c1-19-11-15(13-4-7-18-8-5-13)14-10-12(2-3-16(14)19)6-9-22(17,20)21;/h2-3,10-11,13,18H,4-9H2,1H3,(H2,17,20,21);1H. The highest BCUT2D eigenvalue weighted by molar-refractivity contribution is 7.89. The largest absolute Gasteiger partial charge is 0.350 e. The van der Waals surface area contributed by atoms with Crippen molar-refractivity contribution in [2.24, 2.45) is 12.2 Å². The smallest absolute Gasteiger partial charge is 0.209 e. The number of fused-ring (bicyclic) bond motifs is 1. The number of nitrogens with two attached hydrogens (primary N) is 1. The summed E-state index contributed by atoms with van der Waals surface area (Å²) in [6, 6.07) is 6.22. The van der Waals surface area contributed by atoms with E-state index in [9.17, 15) is 8.42 Å². The summed E-state index contributed by atoms with van der Waals surface area (Å²) in [6.45, 7) is 2.12. The molecule has 3 N–H and O–H groups in total. The van der Waals surface area contributed by atoms with E-state index >= 15 is 0 Å². The van der Waals surface area contributed by atoms with Crippen molar-refractivity contribution in [3.05, 3.63) is 35.5 Å². The van der Waals surface area contributed by atoms with Gasteiger partial charge in [-0.1, -0.05) is 6.07 Å². The van der Waals surface area contributed by atoms with E-state index in [1.54, 1.807) is 0 Å². The van der Waals surface area contributed by atoms with Crippen molar-refractivity contribution in [2.45, 2.75) is 25.2 Å². The quantitative estimate of drug-likeness (QED) is 0.877. The lowest BCUT2D eigenvalue weighted by Crippen LogP contribution is -2.26. The van der Waals surface area contributed by atoms with Gasteiger partial charge in [0.15, 0.2) is 0 Å². The van der Waals surface area contributed by atoms with Gasteiger partial charge in [0.1, 0.15) is 0 Å². The van der Waals surface area contributed by atoms with E-state index in [1.165, 1.54) is 16.5 Å². The highest BCUT2D eigenvalue weighted by atomic mass is 35.5. The second kappa shape index (κ2) is 7.21. The zero-order valence-electron chi connectivity index (χ0n) is 13.3. The Bertz CT molecular complexity index is 780. The molecule has 7 heteroatoms. The summed E-state index contributed by atoms with van der Waals surface area (Å²) in [4.78, 5) is 0. The van der Waals surface area contributed by atoms with Gasteiger partial charge in [-0.3, -0.25) is 0 Å². The van der Waals surface area contributed by atoms with Crippen molar-refractivity contribution in [2.75, 3.05) is 18.8 Å². The van der Waals surface area contributed by atoms with Crippen LogP contribution in [0.25, 0.3) is 10.9 Å². The number of benzene rings is 1. The predicted octanol–water partition coefficient (Wildman–Crippen LogP) is 1.90. The van der Waals surface area contributed by atoms with Gasteiger partial charge in [-0.25, -0.2) is 13.6 Å². The van der Waals surface area contributed by atoms with Gasteiger partial charge in [-0.15, -0.1) is 12.4 Å². The van der Waals surface area contributed by atoms with E-state index in [-0.39, 0.29) is 18.2 Å². The molecule has 0 unspecified atom stereocenters. The van der Waals surface area contributed by atoms with E-state index in [0.717, 1.165) is 31.5 Å². The first-order valence-corrected chi connectivity index (χ1v) is 9.44. The SMILES string of the molecule is Cl.Cn1cc(C2CCNCC2)c2cc(CCS(N)(=O)=O)ccc21. The lowest BCUT2D eigenvalue weighted by molar-refractivity contribution is 0.462. The number of primary sulfonamides is 1. The van der Waals surface area contributed by atoms with Crippen LogP contribution in [0.2, 0.25) is 0 Å². The molecule has 0 amide bonds. The molecule has 23 heavy (non-hydrogen) atoms. The van der Waals surface area contributed by atoms with Gasteiger partial charge < -0.3 is 9.88 Å². The molecule has 2 heterocycles. The molecular weight excluding hydrogens is 334 g/mol. The summed E-state index contributed by atoms with van der Waals surface area (Å²) < 4.78 is 24.5. The Hall–Kier alpha value is -1.08. The molecule has 2 aromatic rings. The fraction of sp³-hybridized carbons (Fsp3) is 0.500. The average Bonchev–Trinajstić information content (AvgIpc) is 2.82. The molecule has 1 fully saturated rings. The van der Waals surface area contributed by atoms with Crippen LogP contribution in [0.3, 0.4) is 0 Å². The number of hydrogen-bond acceptors (Lipinski definition) is 3. The normalized spacial score (nSPS) is 16.4. The van der Waals surface area contributed by atoms with Crippen LogP contribution in [0.1, 0.15) is 29.9 Å². The Kier molecular flexibility index (Phi) is 5.73. The Labute approximate surface area is 143 Å². The van der Waals surface area contributed by atoms with Crippen molar-refractivity contribution in [1.82, 2.24) is 9.88 Å². The minimum absolute atomic E-state index is 0. The van der Waals surface area contributed by atoms with E-state index in [0.29, 0.717) is 12.3 Å². The molecular formula is C16H24ClN3O2S. The topological polar surface area (TPSA) is 77.1 Å². The molecule has 0 bridgehead atoms. The maximum Gasteiger partial charge on any atom is 0.209 e. The van der Waals surface area contributed by atoms with Crippen LogP contribution in [0.15, 0.2) is 24.4 Å². The van der Waals surface area contributed by atoms with Gasteiger partial charge in [-0.2, -0.15) is 0 Å². The first-order chi connectivity index (χ1) is 10.4. The van der Waals surface area contributed by atoms with Crippen LogP contribution < -0.4 is 10.5 Å². The second-order valence-corrected chi connectivity index (χ2v) is 7.92. The summed E-state index contributed by atoms with van der Waals surface area (Å²) in [5, 5.41) is 9.76. The molecule has 128 valence electrons. The van der Waals surface area contributed by atoms with Crippen LogP contribution in [0, 0.1) is 0 Å². The Morgan fingerprint density at radius 3 is 2.65 bits per heavy atom. The minimum Gasteiger partial charge on any atom is -0.350 e. The van der Waals surface area contributed by atoms with Crippen molar-refractivity contribution >= 4 is 33.3 Å². The van der Waals surface area contributed by atoms with Crippen molar-refractivity contribution < 1.29 is 8.42 Å². The molecule has 0 saturated carbocycles. The molecule has 1 saturated heterocycles. The van der Waals surface area contributed by atoms with Gasteiger partial charge in [0.2, 0.25) is 10.0 Å². The van der Waals surface area contributed by atoms with Crippen molar-refractivity contribution in [3.8, 4) is 0 Å². The number of nitrogens with one attached hydrogen (secondary N) is 1. The predicted molar refractivity (Wildman–Crippen MR) is 96.7 cm³/mol. The average molecular weight is 358 g/mol. The van der Waals surface area contributed by atoms with Gasteiger partial charge in [0.05, 0.1) is 5.75 Å². The Morgan fingerprint density at radius 1 is 1.30 bits per heavy atom. The molecule has 1 aliphatic heterocycles. The van der Waals surface area contributed by atoms with Crippen LogP contribution in [-0.2, 0) is 23.5 Å². The highest BCUT2D eigenvalue weighted by Gasteiger charge is 2.19. The Balaban J connectivity index is 0.00000192. The minimum atomic E-state index is -3.41. The highest BCUT2D eigenvalue weighted by Crippen LogP contribution is 2.33. The number of hydrogen-bond donors (Lipinski definition) is 2. The zero-order chi connectivity index (χ0) is 15.7. The van der Waals surface area contributed by atoms with Crippen LogP contribution in [0.5, 0.6) is 0 Å². The van der Waals surface area contributed by atoms with E-state index in [1.807, 2.05) is 6.07 Å². The van der Waals surface area contributed by atoms with Crippen LogP contribution in [-0.4, -0.2) is 31.8 Å². The first kappa shape index (κ1) is 18.3. The van der Waals surface area contributed by atoms with E-state index in [2.05, 4.69) is 35.3 Å². The van der Waals surface area contributed by atoms with Crippen LogP contribution >= 0.6 is 12.4 Å². The third-order valence-corrected chi connectivity index (χ3v) is 5.31. The summed E-state index contributed by atoms with van der Waals surface area (Å²) in [7, 11) is -1.35. The fourth-order valence-electron chi connectivity index (χ4n) is 3.34. The monoisotopic (exact) mass is 357 g/mol. The molecule has 1 aromatic heterocycles. The summed E-state index contributed by atoms with van der Waals surface area (Å²) >= 11 is 0. The van der Waals surface area contributed by atoms with Gasteiger partial charge in [0, 0.05) is 24.1 Å². The van der Waals surface area contributed by atoms with Gasteiger partial charge in [-0.05, 0) is 61.5 Å². The molecule has 5 nitrogen and oxygen atoms in total. The summed E-state index contributed by atoms with van der Waals surface area (Å²) in [5.41, 5.74) is 3.62. The van der Waals surface area contributed by atoms with E-state index in [4.69, 9.17) is 5.14 Å². The summed E-state index contributed by atoms with van der Waals surface area (Å²) in [6.07, 6.45) is 5.00. The molecule has 1 aromatic carbocycles. The number of piperidine rings is 1. The fourth-order valence-corrected chi connectivity index (χ4v) is 3.86. The van der Waals surface area contributed by atoms with Gasteiger partial charge >= 0.3 is 0 Å². The summed E-state index contributed by atoms with van der Waals surface area (Å²) in [5.74, 6) is 0.576. The lowest BCUT2D eigenvalue weighted by atomic mass is 9.89. The van der Waals surface area contributed by atoms with Crippen LogP contribution in [0.4, 0.5) is 0 Å². The van der Waals surface area contributed by atoms with Crippen molar-refractivity contribution in [1.29, 1.82) is 0 Å². The Morgan fingerprint density at radius 2 is 2.00 bits per heavy atom. The van der Waals surface area contributed by atoms with Gasteiger partial charge in [0.25, 0.3) is 0 Å². The third kappa shape index (κ3) is 4.26. The zero-order valence-corrected chi connectivity index (χ0v) is 14.9. The number of aromatic nitrogens is 1. The van der Waals surface area contributed by atoms with E-state index < -0.39 is 10.0 Å². The molecule has 3 rings (SSSR count). The lowest BCUT2D eigenvalue weighted by Gasteiger charge is -2.22. The molecule has 0 aliphatic carbocycles. The first-order valence-electron chi connectivity index (χ1n) is 7.73. The number of halogens is 1. The maximum absolute atomic E-state index is 11.2. The molecule has 0 spiro atoms. The molecule has 0 radical (unpaired) electrons. The second-order valence-electron chi connectivity index (χ2n) is 6.19. The van der Waals surface area contributed by atoms with Crippen molar-refractivity contribution in [3.63, 3.8) is 0 Å². The number of sulfonamides is 1. The number of nitrogens with zero attached hydrogens (tertiary/aromatic N) is 1.